The largest absolute Gasteiger partial charge is 0.346 e. The van der Waals surface area contributed by atoms with E-state index in [1.54, 1.807) is 0 Å². The summed E-state index contributed by atoms with van der Waals surface area (Å²) in [5, 5.41) is 0. The SMILES string of the molecule is FCC(F)[C](F)F. The Morgan fingerprint density at radius 3 is 1.86 bits per heavy atom. The van der Waals surface area contributed by atoms with Crippen molar-refractivity contribution in [2.45, 2.75) is 6.17 Å². The van der Waals surface area contributed by atoms with Crippen LogP contribution in [0.25, 0.3) is 0 Å². The molecule has 1 radical (unpaired) electrons. The van der Waals surface area contributed by atoms with Gasteiger partial charge in [0.25, 0.3) is 0 Å². The van der Waals surface area contributed by atoms with Gasteiger partial charge >= 0.3 is 6.43 Å². The summed E-state index contributed by atoms with van der Waals surface area (Å²) in [5.74, 6) is 0. The zero-order chi connectivity index (χ0) is 5.86. The number of halogens is 4. The molecule has 1 atom stereocenters. The zero-order valence-electron chi connectivity index (χ0n) is 3.30. The van der Waals surface area contributed by atoms with Crippen molar-refractivity contribution in [2.24, 2.45) is 0 Å². The van der Waals surface area contributed by atoms with Crippen LogP contribution in [0.3, 0.4) is 0 Å². The molecule has 0 heterocycles. The van der Waals surface area contributed by atoms with Gasteiger partial charge in [0.15, 0.2) is 6.17 Å². The molecule has 0 aromatic heterocycles. The summed E-state index contributed by atoms with van der Waals surface area (Å²) < 4.78 is 43.3. The number of hydrogen-bond donors (Lipinski definition) is 0. The number of hydrogen-bond acceptors (Lipinski definition) is 0. The van der Waals surface area contributed by atoms with Crippen LogP contribution in [0, 0.1) is 6.43 Å². The van der Waals surface area contributed by atoms with Crippen molar-refractivity contribution in [2.75, 3.05) is 6.67 Å². The summed E-state index contributed by atoms with van der Waals surface area (Å²) >= 11 is 0. The van der Waals surface area contributed by atoms with Crippen molar-refractivity contribution in [3.8, 4) is 0 Å². The predicted molar refractivity (Wildman–Crippen MR) is 16.3 cm³/mol. The van der Waals surface area contributed by atoms with E-state index in [0.717, 1.165) is 0 Å². The molecule has 0 rings (SSSR count). The highest BCUT2D eigenvalue weighted by atomic mass is 19.3. The standard InChI is InChI=1S/C3H3F4/c4-1-2(5)3(6)7/h2H,1H2. The quantitative estimate of drug-likeness (QED) is 0.480. The van der Waals surface area contributed by atoms with Gasteiger partial charge in [-0.25, -0.2) is 8.78 Å². The molecule has 0 saturated carbocycles. The maximum absolute atomic E-state index is 11.1. The molecule has 0 aliphatic carbocycles. The van der Waals surface area contributed by atoms with Crippen LogP contribution in [0.2, 0.25) is 0 Å². The van der Waals surface area contributed by atoms with Gasteiger partial charge in [-0.15, -0.1) is 0 Å². The molecule has 0 aliphatic heterocycles. The summed E-state index contributed by atoms with van der Waals surface area (Å²) in [6.07, 6.45) is -5.18. The minimum Gasteiger partial charge on any atom is -0.248 e. The van der Waals surface area contributed by atoms with E-state index in [-0.39, 0.29) is 0 Å². The molecule has 0 aromatic carbocycles. The lowest BCUT2D eigenvalue weighted by Gasteiger charge is -1.94. The fourth-order valence-electron chi connectivity index (χ4n) is 0.0583. The third kappa shape index (κ3) is 2.42. The second-order valence-corrected chi connectivity index (χ2v) is 0.911. The minimum atomic E-state index is -2.68. The lowest BCUT2D eigenvalue weighted by molar-refractivity contribution is 0.134. The van der Waals surface area contributed by atoms with Gasteiger partial charge in [0.05, 0.1) is 0 Å². The van der Waals surface area contributed by atoms with E-state index < -0.39 is 19.3 Å². The maximum atomic E-state index is 11.1. The van der Waals surface area contributed by atoms with Crippen LogP contribution >= 0.6 is 0 Å². The van der Waals surface area contributed by atoms with E-state index in [0.29, 0.717) is 0 Å². The fourth-order valence-corrected chi connectivity index (χ4v) is 0.0583. The summed E-state index contributed by atoms with van der Waals surface area (Å²) in [5.41, 5.74) is 0. The monoisotopic (exact) mass is 115 g/mol. The predicted octanol–water partition coefficient (Wildman–Crippen LogP) is 1.72. The second kappa shape index (κ2) is 2.82. The van der Waals surface area contributed by atoms with Gasteiger partial charge in [0.2, 0.25) is 0 Å². The second-order valence-electron chi connectivity index (χ2n) is 0.911. The summed E-state index contributed by atoms with van der Waals surface area (Å²) in [6.45, 7) is -1.64. The molecule has 1 unspecified atom stereocenters. The smallest absolute Gasteiger partial charge is 0.248 e. The van der Waals surface area contributed by atoms with E-state index in [1.807, 2.05) is 0 Å². The Hall–Kier alpha value is -0.280. The number of rotatable bonds is 2. The molecule has 0 saturated heterocycles. The van der Waals surface area contributed by atoms with Gasteiger partial charge in [-0.3, -0.25) is 0 Å². The van der Waals surface area contributed by atoms with Crippen molar-refractivity contribution in [3.63, 3.8) is 0 Å². The molecular weight excluding hydrogens is 112 g/mol. The lowest BCUT2D eigenvalue weighted by atomic mass is 10.4. The molecule has 4 heteroatoms. The van der Waals surface area contributed by atoms with Crippen molar-refractivity contribution >= 4 is 0 Å². The Balaban J connectivity index is 3.14. The van der Waals surface area contributed by atoms with Crippen molar-refractivity contribution < 1.29 is 17.6 Å². The summed E-state index contributed by atoms with van der Waals surface area (Å²) in [4.78, 5) is 0. The fraction of sp³-hybridized carbons (Fsp3) is 0.667. The first-order valence-electron chi connectivity index (χ1n) is 1.56. The highest BCUT2D eigenvalue weighted by Gasteiger charge is 2.20. The molecular formula is C3H3F4. The van der Waals surface area contributed by atoms with Crippen LogP contribution in [0.15, 0.2) is 0 Å². The van der Waals surface area contributed by atoms with Crippen LogP contribution in [0.4, 0.5) is 17.6 Å². The molecule has 0 aromatic rings. The Morgan fingerprint density at radius 2 is 1.86 bits per heavy atom. The van der Waals surface area contributed by atoms with Crippen LogP contribution in [-0.2, 0) is 0 Å². The molecule has 0 aliphatic rings. The summed E-state index contributed by atoms with van der Waals surface area (Å²) in [6, 6.07) is 0. The van der Waals surface area contributed by atoms with Gasteiger partial charge in [-0.2, -0.15) is 8.78 Å². The first-order valence-corrected chi connectivity index (χ1v) is 1.56. The van der Waals surface area contributed by atoms with Crippen molar-refractivity contribution in [3.05, 3.63) is 6.43 Å². The molecule has 0 nitrogen and oxygen atoms in total. The molecule has 0 N–H and O–H groups in total. The zero-order valence-corrected chi connectivity index (χ0v) is 3.30. The Labute approximate surface area is 38.1 Å². The average molecular weight is 115 g/mol. The normalized spacial score (nSPS) is 15.0. The average Bonchev–Trinajstić information content (AvgIpc) is 1.65. The molecule has 43 valence electrons. The van der Waals surface area contributed by atoms with Gasteiger partial charge in [0.1, 0.15) is 6.67 Å². The van der Waals surface area contributed by atoms with E-state index in [9.17, 15) is 17.6 Å². The minimum absolute atomic E-state index is 1.64. The topological polar surface area (TPSA) is 0 Å². The van der Waals surface area contributed by atoms with E-state index in [4.69, 9.17) is 0 Å². The van der Waals surface area contributed by atoms with Crippen LogP contribution in [-0.4, -0.2) is 12.8 Å². The van der Waals surface area contributed by atoms with Crippen molar-refractivity contribution in [1.29, 1.82) is 0 Å². The molecule has 0 fully saturated rings. The van der Waals surface area contributed by atoms with E-state index in [1.165, 1.54) is 0 Å². The number of alkyl halides is 2. The van der Waals surface area contributed by atoms with Crippen LogP contribution in [0.1, 0.15) is 0 Å². The summed E-state index contributed by atoms with van der Waals surface area (Å²) in [7, 11) is 0. The molecule has 0 spiro atoms. The maximum Gasteiger partial charge on any atom is 0.346 e. The van der Waals surface area contributed by atoms with Gasteiger partial charge in [0, 0.05) is 0 Å². The Morgan fingerprint density at radius 1 is 1.43 bits per heavy atom. The lowest BCUT2D eigenvalue weighted by Crippen LogP contribution is -2.05. The van der Waals surface area contributed by atoms with Gasteiger partial charge in [-0.05, 0) is 0 Å². The van der Waals surface area contributed by atoms with Gasteiger partial charge in [-0.1, -0.05) is 0 Å². The van der Waals surface area contributed by atoms with E-state index >= 15 is 0 Å². The first-order chi connectivity index (χ1) is 3.18. The Bertz CT molecular complexity index is 44.2. The van der Waals surface area contributed by atoms with Crippen molar-refractivity contribution in [1.82, 2.24) is 0 Å². The first kappa shape index (κ1) is 6.72. The van der Waals surface area contributed by atoms with Gasteiger partial charge < -0.3 is 0 Å². The third-order valence-electron chi connectivity index (χ3n) is 0.372. The highest BCUT2D eigenvalue weighted by molar-refractivity contribution is 4.71. The molecule has 0 bridgehead atoms. The molecule has 7 heavy (non-hydrogen) atoms. The van der Waals surface area contributed by atoms with E-state index in [2.05, 4.69) is 0 Å². The van der Waals surface area contributed by atoms with Crippen LogP contribution in [0.5, 0.6) is 0 Å². The third-order valence-corrected chi connectivity index (χ3v) is 0.372. The highest BCUT2D eigenvalue weighted by Crippen LogP contribution is 2.12. The van der Waals surface area contributed by atoms with Crippen LogP contribution < -0.4 is 0 Å². The molecule has 0 amide bonds. The Kier molecular flexibility index (Phi) is 2.71.